The second kappa shape index (κ2) is 6.99. The Labute approximate surface area is 114 Å². The van der Waals surface area contributed by atoms with E-state index in [-0.39, 0.29) is 18.1 Å². The molecular formula is C14H22N2O3. The van der Waals surface area contributed by atoms with Gasteiger partial charge in [0.25, 0.3) is 0 Å². The van der Waals surface area contributed by atoms with E-state index in [1.165, 1.54) is 0 Å². The maximum Gasteiger partial charge on any atom is 0.246 e. The van der Waals surface area contributed by atoms with Crippen LogP contribution in [0, 0.1) is 0 Å². The number of ether oxygens (including phenoxy) is 2. The maximum absolute atomic E-state index is 11.4. The van der Waals surface area contributed by atoms with Gasteiger partial charge in [0.05, 0.1) is 12.1 Å². The van der Waals surface area contributed by atoms with Crippen molar-refractivity contribution in [1.29, 1.82) is 0 Å². The number of hydrogen-bond acceptors (Lipinski definition) is 4. The van der Waals surface area contributed by atoms with Gasteiger partial charge in [0.2, 0.25) is 5.91 Å². The molecule has 0 fully saturated rings. The lowest BCUT2D eigenvalue weighted by molar-refractivity contribution is -0.130. The molecule has 1 amide bonds. The van der Waals surface area contributed by atoms with Crippen LogP contribution in [-0.4, -0.2) is 31.3 Å². The Morgan fingerprint density at radius 2 is 1.89 bits per heavy atom. The zero-order valence-corrected chi connectivity index (χ0v) is 11.7. The molecule has 3 N–H and O–H groups in total. The molecule has 106 valence electrons. The number of carbonyl (C=O) groups is 1. The van der Waals surface area contributed by atoms with E-state index in [1.807, 2.05) is 20.8 Å². The summed E-state index contributed by atoms with van der Waals surface area (Å²) in [6, 6.07) is 7.12. The Balaban J connectivity index is 2.13. The lowest BCUT2D eigenvalue weighted by atomic mass is 10.2. The molecule has 0 spiro atoms. The molecule has 0 aliphatic heterocycles. The quantitative estimate of drug-likeness (QED) is 0.605. The summed E-state index contributed by atoms with van der Waals surface area (Å²) in [5.74, 6) is 0.588. The second-order valence-electron chi connectivity index (χ2n) is 5.17. The molecule has 0 radical (unpaired) electrons. The average molecular weight is 266 g/mol. The van der Waals surface area contributed by atoms with Crippen LogP contribution < -0.4 is 15.8 Å². The Morgan fingerprint density at radius 1 is 1.26 bits per heavy atom. The first kappa shape index (κ1) is 15.3. The largest absolute Gasteiger partial charge is 0.492 e. The zero-order chi connectivity index (χ0) is 14.3. The first-order valence-corrected chi connectivity index (χ1v) is 6.26. The first-order chi connectivity index (χ1) is 8.87. The summed E-state index contributed by atoms with van der Waals surface area (Å²) in [7, 11) is 0. The number of nitrogens with two attached hydrogens (primary N) is 1. The molecule has 19 heavy (non-hydrogen) atoms. The van der Waals surface area contributed by atoms with Gasteiger partial charge in [-0.1, -0.05) is 0 Å². The summed E-state index contributed by atoms with van der Waals surface area (Å²) in [5.41, 5.74) is 5.95. The van der Waals surface area contributed by atoms with Gasteiger partial charge in [-0.2, -0.15) is 0 Å². The number of hydrogen-bond donors (Lipinski definition) is 2. The van der Waals surface area contributed by atoms with Crippen molar-refractivity contribution in [2.75, 3.05) is 25.5 Å². The number of benzene rings is 1. The van der Waals surface area contributed by atoms with E-state index >= 15 is 0 Å². The van der Waals surface area contributed by atoms with Gasteiger partial charge in [-0.3, -0.25) is 4.79 Å². The lowest BCUT2D eigenvalue weighted by Gasteiger charge is -2.18. The van der Waals surface area contributed by atoms with E-state index in [0.29, 0.717) is 18.8 Å². The highest BCUT2D eigenvalue weighted by Gasteiger charge is 2.12. The van der Waals surface area contributed by atoms with Crippen LogP contribution in [0.5, 0.6) is 5.75 Å². The highest BCUT2D eigenvalue weighted by atomic mass is 16.5. The fourth-order valence-electron chi connectivity index (χ4n) is 1.26. The van der Waals surface area contributed by atoms with Gasteiger partial charge < -0.3 is 20.5 Å². The summed E-state index contributed by atoms with van der Waals surface area (Å²) in [6.07, 6.45) is 0. The molecule has 0 aromatic heterocycles. The molecule has 0 heterocycles. The van der Waals surface area contributed by atoms with Gasteiger partial charge in [-0.15, -0.1) is 0 Å². The minimum Gasteiger partial charge on any atom is -0.492 e. The highest BCUT2D eigenvalue weighted by Crippen LogP contribution is 2.12. The molecule has 0 unspecified atom stereocenters. The van der Waals surface area contributed by atoms with Crippen LogP contribution in [0.1, 0.15) is 20.8 Å². The molecule has 5 heteroatoms. The number of rotatable bonds is 6. The summed E-state index contributed by atoms with van der Waals surface area (Å²) >= 11 is 0. The number of anilines is 1. The van der Waals surface area contributed by atoms with Crippen molar-refractivity contribution >= 4 is 11.6 Å². The van der Waals surface area contributed by atoms with Crippen LogP contribution in [0.4, 0.5) is 5.69 Å². The Kier molecular flexibility index (Phi) is 5.63. The lowest BCUT2D eigenvalue weighted by Crippen LogP contribution is -2.34. The fourth-order valence-corrected chi connectivity index (χ4v) is 1.26. The molecule has 1 aromatic rings. The standard InChI is InChI=1S/C14H22N2O3/c1-14(2,3)19-10-13(17)16-8-9-18-12-6-4-11(15)5-7-12/h4-7H,8-10,15H2,1-3H3,(H,16,17). The van der Waals surface area contributed by atoms with Gasteiger partial charge in [0.1, 0.15) is 19.0 Å². The Hall–Kier alpha value is -1.75. The van der Waals surface area contributed by atoms with Crippen LogP contribution >= 0.6 is 0 Å². The van der Waals surface area contributed by atoms with Gasteiger partial charge in [0, 0.05) is 5.69 Å². The molecule has 0 saturated heterocycles. The molecule has 0 saturated carbocycles. The number of nitrogens with one attached hydrogen (secondary N) is 1. The molecule has 0 aliphatic carbocycles. The van der Waals surface area contributed by atoms with Gasteiger partial charge in [0.15, 0.2) is 0 Å². The molecular weight excluding hydrogens is 244 g/mol. The van der Waals surface area contributed by atoms with Crippen molar-refractivity contribution < 1.29 is 14.3 Å². The maximum atomic E-state index is 11.4. The van der Waals surface area contributed by atoms with E-state index < -0.39 is 0 Å². The van der Waals surface area contributed by atoms with Crippen molar-refractivity contribution in [3.63, 3.8) is 0 Å². The molecule has 1 aromatic carbocycles. The Bertz CT molecular complexity index is 396. The summed E-state index contributed by atoms with van der Waals surface area (Å²) < 4.78 is 10.8. The third kappa shape index (κ3) is 7.31. The van der Waals surface area contributed by atoms with Crippen LogP contribution in [0.15, 0.2) is 24.3 Å². The molecule has 0 atom stereocenters. The van der Waals surface area contributed by atoms with Gasteiger partial charge in [-0.25, -0.2) is 0 Å². The van der Waals surface area contributed by atoms with Crippen LogP contribution in [0.25, 0.3) is 0 Å². The monoisotopic (exact) mass is 266 g/mol. The Morgan fingerprint density at radius 3 is 2.47 bits per heavy atom. The van der Waals surface area contributed by atoms with Crippen molar-refractivity contribution in [2.45, 2.75) is 26.4 Å². The third-order valence-electron chi connectivity index (χ3n) is 2.21. The zero-order valence-electron chi connectivity index (χ0n) is 11.7. The van der Waals surface area contributed by atoms with E-state index in [2.05, 4.69) is 5.32 Å². The van der Waals surface area contributed by atoms with E-state index in [4.69, 9.17) is 15.2 Å². The molecule has 5 nitrogen and oxygen atoms in total. The fraction of sp³-hybridized carbons (Fsp3) is 0.500. The smallest absolute Gasteiger partial charge is 0.246 e. The molecule has 0 bridgehead atoms. The second-order valence-corrected chi connectivity index (χ2v) is 5.17. The first-order valence-electron chi connectivity index (χ1n) is 6.26. The van der Waals surface area contributed by atoms with Crippen LogP contribution in [0.3, 0.4) is 0 Å². The van der Waals surface area contributed by atoms with E-state index in [1.54, 1.807) is 24.3 Å². The highest BCUT2D eigenvalue weighted by molar-refractivity contribution is 5.77. The van der Waals surface area contributed by atoms with E-state index in [9.17, 15) is 4.79 Å². The number of carbonyl (C=O) groups excluding carboxylic acids is 1. The predicted molar refractivity (Wildman–Crippen MR) is 75.1 cm³/mol. The van der Waals surface area contributed by atoms with Crippen molar-refractivity contribution in [3.8, 4) is 5.75 Å². The van der Waals surface area contributed by atoms with E-state index in [0.717, 1.165) is 5.75 Å². The summed E-state index contributed by atoms with van der Waals surface area (Å²) in [6.45, 7) is 6.63. The average Bonchev–Trinajstić information content (AvgIpc) is 2.33. The topological polar surface area (TPSA) is 73.6 Å². The summed E-state index contributed by atoms with van der Waals surface area (Å²) in [5, 5.41) is 2.72. The normalized spacial score (nSPS) is 11.1. The number of amides is 1. The predicted octanol–water partition coefficient (Wildman–Crippen LogP) is 1.58. The van der Waals surface area contributed by atoms with Crippen LogP contribution in [0.2, 0.25) is 0 Å². The van der Waals surface area contributed by atoms with Crippen molar-refractivity contribution in [1.82, 2.24) is 5.32 Å². The molecule has 1 rings (SSSR count). The summed E-state index contributed by atoms with van der Waals surface area (Å²) in [4.78, 5) is 11.4. The van der Waals surface area contributed by atoms with Crippen LogP contribution in [-0.2, 0) is 9.53 Å². The van der Waals surface area contributed by atoms with Gasteiger partial charge in [-0.05, 0) is 45.0 Å². The minimum atomic E-state index is -0.308. The minimum absolute atomic E-state index is 0.0609. The third-order valence-corrected chi connectivity index (χ3v) is 2.21. The van der Waals surface area contributed by atoms with Crippen molar-refractivity contribution in [3.05, 3.63) is 24.3 Å². The molecule has 0 aliphatic rings. The SMILES string of the molecule is CC(C)(C)OCC(=O)NCCOc1ccc(N)cc1. The van der Waals surface area contributed by atoms with Crippen molar-refractivity contribution in [2.24, 2.45) is 0 Å². The number of nitrogen functional groups attached to an aromatic ring is 1. The van der Waals surface area contributed by atoms with Gasteiger partial charge >= 0.3 is 0 Å².